The SMILES string of the molecule is CCOc1ccc(N(CC(=O)NCCNS(=O)(=O)c2ccc(C)cc2)S(=O)(=O)c2cc(C)ccc2OC)cc1. The molecule has 0 aliphatic heterocycles. The van der Waals surface area contributed by atoms with Crippen LogP contribution in [0.5, 0.6) is 11.5 Å². The smallest absolute Gasteiger partial charge is 0.268 e. The fourth-order valence-electron chi connectivity index (χ4n) is 3.67. The van der Waals surface area contributed by atoms with Gasteiger partial charge in [0.1, 0.15) is 22.9 Å². The fourth-order valence-corrected chi connectivity index (χ4v) is 6.37. The largest absolute Gasteiger partial charge is 0.495 e. The van der Waals surface area contributed by atoms with Crippen molar-refractivity contribution < 1.29 is 31.1 Å². The van der Waals surface area contributed by atoms with E-state index in [1.165, 1.54) is 25.3 Å². The van der Waals surface area contributed by atoms with Crippen LogP contribution in [0, 0.1) is 13.8 Å². The molecule has 0 saturated heterocycles. The number of carbonyl (C=O) groups is 1. The number of rotatable bonds is 13. The number of sulfonamides is 2. The zero-order chi connectivity index (χ0) is 28.6. The molecule has 1 amide bonds. The molecule has 3 aromatic rings. The minimum Gasteiger partial charge on any atom is -0.495 e. The normalized spacial score (nSPS) is 11.6. The molecule has 0 heterocycles. The molecule has 0 saturated carbocycles. The Morgan fingerprint density at radius 1 is 0.872 bits per heavy atom. The van der Waals surface area contributed by atoms with Gasteiger partial charge >= 0.3 is 0 Å². The van der Waals surface area contributed by atoms with Crippen molar-refractivity contribution in [2.24, 2.45) is 0 Å². The first-order valence-corrected chi connectivity index (χ1v) is 15.1. The second-order valence-electron chi connectivity index (χ2n) is 8.65. The van der Waals surface area contributed by atoms with Crippen molar-refractivity contribution in [1.82, 2.24) is 10.0 Å². The number of anilines is 1. The first-order chi connectivity index (χ1) is 18.5. The monoisotopic (exact) mass is 575 g/mol. The van der Waals surface area contributed by atoms with Gasteiger partial charge < -0.3 is 14.8 Å². The Morgan fingerprint density at radius 3 is 2.13 bits per heavy atom. The maximum atomic E-state index is 13.8. The molecule has 0 fully saturated rings. The van der Waals surface area contributed by atoms with E-state index in [4.69, 9.17) is 9.47 Å². The first kappa shape index (κ1) is 29.9. The predicted molar refractivity (Wildman–Crippen MR) is 149 cm³/mol. The van der Waals surface area contributed by atoms with Gasteiger partial charge in [-0.1, -0.05) is 23.8 Å². The van der Waals surface area contributed by atoms with Crippen LogP contribution in [0.4, 0.5) is 5.69 Å². The van der Waals surface area contributed by atoms with Crippen LogP contribution >= 0.6 is 0 Å². The zero-order valence-electron chi connectivity index (χ0n) is 22.3. The summed E-state index contributed by atoms with van der Waals surface area (Å²) in [5.74, 6) is 0.0770. The molecule has 0 aromatic heterocycles. The lowest BCUT2D eigenvalue weighted by atomic mass is 10.2. The minimum atomic E-state index is -4.24. The number of methoxy groups -OCH3 is 1. The van der Waals surface area contributed by atoms with E-state index in [0.717, 1.165) is 9.87 Å². The number of amides is 1. The number of hydrogen-bond donors (Lipinski definition) is 2. The van der Waals surface area contributed by atoms with Crippen molar-refractivity contribution in [1.29, 1.82) is 0 Å². The van der Waals surface area contributed by atoms with Crippen molar-refractivity contribution in [3.8, 4) is 11.5 Å². The molecule has 210 valence electrons. The van der Waals surface area contributed by atoms with Gasteiger partial charge in [0, 0.05) is 13.1 Å². The number of aryl methyl sites for hydroxylation is 2. The van der Waals surface area contributed by atoms with Crippen LogP contribution in [0.2, 0.25) is 0 Å². The van der Waals surface area contributed by atoms with Crippen LogP contribution in [-0.2, 0) is 24.8 Å². The molecular weight excluding hydrogens is 542 g/mol. The number of carbonyl (C=O) groups excluding carboxylic acids is 1. The third-order valence-corrected chi connectivity index (χ3v) is 8.95. The highest BCUT2D eigenvalue weighted by atomic mass is 32.2. The maximum absolute atomic E-state index is 13.8. The van der Waals surface area contributed by atoms with Crippen molar-refractivity contribution in [2.75, 3.05) is 37.7 Å². The van der Waals surface area contributed by atoms with Crippen molar-refractivity contribution in [2.45, 2.75) is 30.6 Å². The van der Waals surface area contributed by atoms with Crippen LogP contribution in [-0.4, -0.2) is 56.1 Å². The zero-order valence-corrected chi connectivity index (χ0v) is 23.9. The summed E-state index contributed by atoms with van der Waals surface area (Å²) in [4.78, 5) is 12.9. The Morgan fingerprint density at radius 2 is 1.51 bits per heavy atom. The highest BCUT2D eigenvalue weighted by Crippen LogP contribution is 2.31. The van der Waals surface area contributed by atoms with E-state index in [-0.39, 0.29) is 34.3 Å². The standard InChI is InChI=1S/C27H33N3O7S2/c1-5-37-23-11-9-22(10-12-23)30(39(34,35)26-18-21(3)8-15-25(26)36-4)19-27(31)28-16-17-29-38(32,33)24-13-6-20(2)7-14-24/h6-15,18,29H,5,16-17,19H2,1-4H3,(H,28,31). The third-order valence-electron chi connectivity index (χ3n) is 5.68. The molecule has 0 radical (unpaired) electrons. The summed E-state index contributed by atoms with van der Waals surface area (Å²) in [6.07, 6.45) is 0. The topological polar surface area (TPSA) is 131 Å². The summed E-state index contributed by atoms with van der Waals surface area (Å²) in [5, 5.41) is 2.58. The van der Waals surface area contributed by atoms with Gasteiger partial charge in [0.05, 0.1) is 24.3 Å². The van der Waals surface area contributed by atoms with E-state index >= 15 is 0 Å². The molecule has 0 spiro atoms. The van der Waals surface area contributed by atoms with Crippen LogP contribution in [0.3, 0.4) is 0 Å². The highest BCUT2D eigenvalue weighted by molar-refractivity contribution is 7.93. The molecule has 2 N–H and O–H groups in total. The molecule has 3 aromatic carbocycles. The quantitative estimate of drug-likeness (QED) is 0.300. The van der Waals surface area contributed by atoms with Gasteiger partial charge in [-0.2, -0.15) is 0 Å². The second kappa shape index (κ2) is 13.0. The molecule has 39 heavy (non-hydrogen) atoms. The average molecular weight is 576 g/mol. The van der Waals surface area contributed by atoms with Gasteiger partial charge in [0.25, 0.3) is 10.0 Å². The molecule has 0 aliphatic rings. The van der Waals surface area contributed by atoms with Gasteiger partial charge in [0.2, 0.25) is 15.9 Å². The summed E-state index contributed by atoms with van der Waals surface area (Å²) in [6.45, 7) is 5.21. The van der Waals surface area contributed by atoms with Gasteiger partial charge in [0.15, 0.2) is 0 Å². The summed E-state index contributed by atoms with van der Waals surface area (Å²) < 4.78 is 66.7. The van der Waals surface area contributed by atoms with E-state index in [9.17, 15) is 21.6 Å². The lowest BCUT2D eigenvalue weighted by molar-refractivity contribution is -0.119. The van der Waals surface area contributed by atoms with E-state index in [2.05, 4.69) is 10.0 Å². The van der Waals surface area contributed by atoms with E-state index in [1.54, 1.807) is 55.5 Å². The summed E-state index contributed by atoms with van der Waals surface area (Å²) in [7, 11) is -6.62. The second-order valence-corrected chi connectivity index (χ2v) is 12.3. The van der Waals surface area contributed by atoms with Gasteiger partial charge in [-0.15, -0.1) is 0 Å². The third kappa shape index (κ3) is 7.71. The first-order valence-electron chi connectivity index (χ1n) is 12.2. The van der Waals surface area contributed by atoms with Crippen molar-refractivity contribution >= 4 is 31.6 Å². The Bertz CT molecular complexity index is 1490. The van der Waals surface area contributed by atoms with Gasteiger partial charge in [-0.05, 0) is 74.9 Å². The molecule has 0 atom stereocenters. The summed E-state index contributed by atoms with van der Waals surface area (Å²) in [5.41, 5.74) is 1.88. The Hall–Kier alpha value is -3.61. The molecule has 12 heteroatoms. The number of nitrogens with zero attached hydrogens (tertiary/aromatic N) is 1. The summed E-state index contributed by atoms with van der Waals surface area (Å²) >= 11 is 0. The Kier molecular flexibility index (Phi) is 9.95. The number of benzene rings is 3. The molecular formula is C27H33N3O7S2. The van der Waals surface area contributed by atoms with E-state index in [0.29, 0.717) is 17.9 Å². The fraction of sp³-hybridized carbons (Fsp3) is 0.296. The Labute approximate surface area is 230 Å². The minimum absolute atomic E-state index is 0.0468. The molecule has 0 unspecified atom stereocenters. The lowest BCUT2D eigenvalue weighted by Crippen LogP contribution is -2.43. The molecule has 0 bridgehead atoms. The van der Waals surface area contributed by atoms with Crippen molar-refractivity contribution in [3.63, 3.8) is 0 Å². The van der Waals surface area contributed by atoms with Crippen LogP contribution in [0.15, 0.2) is 76.5 Å². The van der Waals surface area contributed by atoms with E-state index < -0.39 is 32.5 Å². The molecule has 0 aliphatic carbocycles. The number of hydrogen-bond acceptors (Lipinski definition) is 7. The predicted octanol–water partition coefficient (Wildman–Crippen LogP) is 3.00. The van der Waals surface area contributed by atoms with Gasteiger partial charge in [-0.3, -0.25) is 9.10 Å². The molecule has 3 rings (SSSR count). The van der Waals surface area contributed by atoms with Gasteiger partial charge in [-0.25, -0.2) is 21.6 Å². The lowest BCUT2D eigenvalue weighted by Gasteiger charge is -2.25. The Balaban J connectivity index is 1.78. The number of nitrogens with one attached hydrogen (secondary N) is 2. The highest BCUT2D eigenvalue weighted by Gasteiger charge is 2.30. The van der Waals surface area contributed by atoms with Crippen molar-refractivity contribution in [3.05, 3.63) is 77.9 Å². The molecule has 10 nitrogen and oxygen atoms in total. The number of ether oxygens (including phenoxy) is 2. The van der Waals surface area contributed by atoms with Crippen LogP contribution in [0.1, 0.15) is 18.1 Å². The maximum Gasteiger partial charge on any atom is 0.268 e. The van der Waals surface area contributed by atoms with Crippen LogP contribution < -0.4 is 23.8 Å². The van der Waals surface area contributed by atoms with E-state index in [1.807, 2.05) is 13.8 Å². The average Bonchev–Trinajstić information content (AvgIpc) is 2.90. The summed E-state index contributed by atoms with van der Waals surface area (Å²) in [6, 6.07) is 17.5. The van der Waals surface area contributed by atoms with Crippen LogP contribution in [0.25, 0.3) is 0 Å².